The van der Waals surface area contributed by atoms with Gasteiger partial charge in [0.1, 0.15) is 0 Å². The molecule has 1 aliphatic carbocycles. The minimum Gasteiger partial charge on any atom is -0.378 e. The van der Waals surface area contributed by atoms with E-state index in [1.165, 1.54) is 30.5 Å². The topological polar surface area (TPSA) is 48.9 Å². The number of benzene rings is 1. The Hall–Kier alpha value is -0.670. The van der Waals surface area contributed by atoms with E-state index in [1.807, 2.05) is 18.8 Å². The summed E-state index contributed by atoms with van der Waals surface area (Å²) in [7, 11) is 1.85. The molecule has 0 bridgehead atoms. The van der Waals surface area contributed by atoms with Gasteiger partial charge in [0, 0.05) is 43.7 Å². The fourth-order valence-corrected chi connectivity index (χ4v) is 4.30. The predicted octanol–water partition coefficient (Wildman–Crippen LogP) is 3.09. The Morgan fingerprint density at radius 1 is 1.23 bits per heavy atom. The van der Waals surface area contributed by atoms with Crippen molar-refractivity contribution in [2.45, 2.75) is 37.1 Å². The second-order valence-corrected chi connectivity index (χ2v) is 7.84. The summed E-state index contributed by atoms with van der Waals surface area (Å²) in [6.07, 6.45) is 5.98. The van der Waals surface area contributed by atoms with Crippen molar-refractivity contribution >= 4 is 47.4 Å². The molecule has 3 rings (SSSR count). The van der Waals surface area contributed by atoms with Gasteiger partial charge in [-0.1, -0.05) is 12.1 Å². The molecule has 1 aromatic rings. The summed E-state index contributed by atoms with van der Waals surface area (Å²) in [4.78, 5) is 6.75. The average molecular weight is 490 g/mol. The van der Waals surface area contributed by atoms with Gasteiger partial charge in [-0.3, -0.25) is 4.99 Å². The highest BCUT2D eigenvalue weighted by molar-refractivity contribution is 14.0. The molecule has 1 saturated heterocycles. The van der Waals surface area contributed by atoms with Crippen molar-refractivity contribution in [3.05, 3.63) is 29.8 Å². The Labute approximate surface area is 178 Å². The Bertz CT molecular complexity index is 563. The fraction of sp³-hybridized carbons (Fsp3) is 0.632. The summed E-state index contributed by atoms with van der Waals surface area (Å²) in [5.41, 5.74) is 2.55. The van der Waals surface area contributed by atoms with E-state index in [4.69, 9.17) is 4.74 Å². The van der Waals surface area contributed by atoms with Gasteiger partial charge in [0.15, 0.2) is 5.96 Å². The highest BCUT2D eigenvalue weighted by Crippen LogP contribution is 2.28. The molecular weight excluding hydrogens is 459 g/mol. The SMILES string of the molecule is CN=C(NCc1ccc(N2CCOCC2)cc1)NC1CCC(SC)C1.I. The van der Waals surface area contributed by atoms with Gasteiger partial charge < -0.3 is 20.3 Å². The molecule has 0 aromatic heterocycles. The molecule has 146 valence electrons. The van der Waals surface area contributed by atoms with E-state index in [0.717, 1.165) is 44.1 Å². The van der Waals surface area contributed by atoms with Crippen molar-refractivity contribution in [1.82, 2.24) is 10.6 Å². The zero-order valence-corrected chi connectivity index (χ0v) is 18.9. The van der Waals surface area contributed by atoms with Gasteiger partial charge in [0.05, 0.1) is 13.2 Å². The van der Waals surface area contributed by atoms with Gasteiger partial charge in [-0.15, -0.1) is 24.0 Å². The first-order valence-electron chi connectivity index (χ1n) is 9.20. The molecule has 26 heavy (non-hydrogen) atoms. The van der Waals surface area contributed by atoms with Crippen molar-refractivity contribution in [3.8, 4) is 0 Å². The first-order valence-corrected chi connectivity index (χ1v) is 10.5. The van der Waals surface area contributed by atoms with Crippen LogP contribution in [0.5, 0.6) is 0 Å². The van der Waals surface area contributed by atoms with Gasteiger partial charge in [-0.05, 0) is 43.2 Å². The number of nitrogens with zero attached hydrogens (tertiary/aromatic N) is 2. The van der Waals surface area contributed by atoms with E-state index in [-0.39, 0.29) is 24.0 Å². The molecule has 2 N–H and O–H groups in total. The summed E-state index contributed by atoms with van der Waals surface area (Å²) in [6.45, 7) is 4.40. The van der Waals surface area contributed by atoms with Crippen LogP contribution in [-0.2, 0) is 11.3 Å². The Kier molecular flexibility index (Phi) is 9.35. The normalized spacial score (nSPS) is 23.5. The fourth-order valence-electron chi connectivity index (χ4n) is 3.51. The Morgan fingerprint density at radius 2 is 1.96 bits per heavy atom. The number of nitrogens with one attached hydrogen (secondary N) is 2. The van der Waals surface area contributed by atoms with Crippen molar-refractivity contribution < 1.29 is 4.74 Å². The molecular formula is C19H31IN4OS. The number of ether oxygens (including phenoxy) is 1. The molecule has 1 aromatic carbocycles. The van der Waals surface area contributed by atoms with Crippen LogP contribution < -0.4 is 15.5 Å². The number of hydrogen-bond donors (Lipinski definition) is 2. The van der Waals surface area contributed by atoms with Crippen LogP contribution in [-0.4, -0.2) is 56.9 Å². The van der Waals surface area contributed by atoms with Crippen LogP contribution in [0.4, 0.5) is 5.69 Å². The van der Waals surface area contributed by atoms with Crippen molar-refractivity contribution in [2.24, 2.45) is 4.99 Å². The first kappa shape index (κ1) is 21.6. The van der Waals surface area contributed by atoms with Crippen LogP contribution in [0.15, 0.2) is 29.3 Å². The van der Waals surface area contributed by atoms with E-state index < -0.39 is 0 Å². The number of anilines is 1. The smallest absolute Gasteiger partial charge is 0.191 e. The van der Waals surface area contributed by atoms with Crippen LogP contribution in [0.3, 0.4) is 0 Å². The van der Waals surface area contributed by atoms with E-state index in [2.05, 4.69) is 51.0 Å². The second kappa shape index (κ2) is 11.2. The van der Waals surface area contributed by atoms with Crippen LogP contribution in [0, 0.1) is 0 Å². The van der Waals surface area contributed by atoms with E-state index >= 15 is 0 Å². The summed E-state index contributed by atoms with van der Waals surface area (Å²) in [5.74, 6) is 0.906. The highest BCUT2D eigenvalue weighted by Gasteiger charge is 2.24. The number of aliphatic imine (C=N–C) groups is 1. The maximum atomic E-state index is 5.42. The summed E-state index contributed by atoms with van der Waals surface area (Å²) in [6, 6.07) is 9.36. The lowest BCUT2D eigenvalue weighted by atomic mass is 10.2. The standard InChI is InChI=1S/C19H30N4OS.HI/c1-20-19(22-16-5-8-18(13-16)25-2)21-14-15-3-6-17(7-4-15)23-9-11-24-12-10-23;/h3-4,6-7,16,18H,5,8-14H2,1-2H3,(H2,20,21,22);1H. The molecule has 7 heteroatoms. The third-order valence-corrected chi connectivity index (χ3v) is 6.15. The Morgan fingerprint density at radius 3 is 2.58 bits per heavy atom. The van der Waals surface area contributed by atoms with Gasteiger partial charge in [0.25, 0.3) is 0 Å². The largest absolute Gasteiger partial charge is 0.378 e. The van der Waals surface area contributed by atoms with E-state index in [9.17, 15) is 0 Å². The summed E-state index contributed by atoms with van der Waals surface area (Å²) in [5, 5.41) is 7.80. The molecule has 0 spiro atoms. The lowest BCUT2D eigenvalue weighted by Gasteiger charge is -2.29. The molecule has 2 fully saturated rings. The molecule has 1 saturated carbocycles. The minimum atomic E-state index is 0. The van der Waals surface area contributed by atoms with Crippen LogP contribution >= 0.6 is 35.7 Å². The van der Waals surface area contributed by atoms with Crippen LogP contribution in [0.25, 0.3) is 0 Å². The lowest BCUT2D eigenvalue weighted by Crippen LogP contribution is -2.42. The molecule has 0 amide bonds. The maximum absolute atomic E-state index is 5.42. The third kappa shape index (κ3) is 6.20. The average Bonchev–Trinajstić information content (AvgIpc) is 3.14. The summed E-state index contributed by atoms with van der Waals surface area (Å²) >= 11 is 1.98. The molecule has 5 nitrogen and oxygen atoms in total. The molecule has 1 heterocycles. The van der Waals surface area contributed by atoms with Crippen molar-refractivity contribution in [1.29, 1.82) is 0 Å². The lowest BCUT2D eigenvalue weighted by molar-refractivity contribution is 0.122. The molecule has 1 aliphatic heterocycles. The maximum Gasteiger partial charge on any atom is 0.191 e. The Balaban J connectivity index is 0.00000243. The molecule has 2 atom stereocenters. The molecule has 2 aliphatic rings. The van der Waals surface area contributed by atoms with Crippen LogP contribution in [0.1, 0.15) is 24.8 Å². The highest BCUT2D eigenvalue weighted by atomic mass is 127. The minimum absolute atomic E-state index is 0. The van der Waals surface area contributed by atoms with Gasteiger partial charge in [0.2, 0.25) is 0 Å². The number of morpholine rings is 1. The van der Waals surface area contributed by atoms with Gasteiger partial charge in [-0.25, -0.2) is 0 Å². The van der Waals surface area contributed by atoms with Crippen LogP contribution in [0.2, 0.25) is 0 Å². The second-order valence-electron chi connectivity index (χ2n) is 6.70. The van der Waals surface area contributed by atoms with Crippen molar-refractivity contribution in [2.75, 3.05) is 44.5 Å². The predicted molar refractivity (Wildman–Crippen MR) is 123 cm³/mol. The van der Waals surface area contributed by atoms with Gasteiger partial charge >= 0.3 is 0 Å². The number of guanidine groups is 1. The molecule has 0 radical (unpaired) electrons. The zero-order chi connectivity index (χ0) is 17.5. The summed E-state index contributed by atoms with van der Waals surface area (Å²) < 4.78 is 5.42. The monoisotopic (exact) mass is 490 g/mol. The number of hydrogen-bond acceptors (Lipinski definition) is 4. The number of halogens is 1. The quantitative estimate of drug-likeness (QED) is 0.378. The van der Waals surface area contributed by atoms with E-state index in [1.54, 1.807) is 0 Å². The van der Waals surface area contributed by atoms with Crippen molar-refractivity contribution in [3.63, 3.8) is 0 Å². The van der Waals surface area contributed by atoms with Gasteiger partial charge in [-0.2, -0.15) is 11.8 Å². The number of thioether (sulfide) groups is 1. The zero-order valence-electron chi connectivity index (χ0n) is 15.7. The third-order valence-electron chi connectivity index (χ3n) is 5.05. The number of rotatable bonds is 5. The molecule has 2 unspecified atom stereocenters. The first-order chi connectivity index (χ1) is 12.3. The van der Waals surface area contributed by atoms with E-state index in [0.29, 0.717) is 6.04 Å².